The minimum atomic E-state index is 0.378. The van der Waals surface area contributed by atoms with Crippen molar-refractivity contribution in [3.05, 3.63) is 11.6 Å². The van der Waals surface area contributed by atoms with Gasteiger partial charge in [-0.2, -0.15) is 0 Å². The summed E-state index contributed by atoms with van der Waals surface area (Å²) in [5.74, 6) is 0. The SMILES string of the molecule is C/C=C(/CC)C(C)(C)C. The van der Waals surface area contributed by atoms with Crippen LogP contribution in [-0.2, 0) is 0 Å². The molecule has 0 aliphatic heterocycles. The van der Waals surface area contributed by atoms with Crippen LogP contribution in [0.15, 0.2) is 11.6 Å². The Hall–Kier alpha value is -0.260. The van der Waals surface area contributed by atoms with Gasteiger partial charge in [-0.15, -0.1) is 0 Å². The maximum Gasteiger partial charge on any atom is -0.0173 e. The van der Waals surface area contributed by atoms with E-state index in [0.29, 0.717) is 5.41 Å². The highest BCUT2D eigenvalue weighted by Crippen LogP contribution is 2.26. The van der Waals surface area contributed by atoms with Crippen LogP contribution in [0.3, 0.4) is 0 Å². The van der Waals surface area contributed by atoms with Crippen molar-refractivity contribution in [1.29, 1.82) is 0 Å². The molecule has 0 rings (SSSR count). The third-order valence-corrected chi connectivity index (χ3v) is 1.69. The molecule has 0 aromatic carbocycles. The van der Waals surface area contributed by atoms with Crippen molar-refractivity contribution in [2.75, 3.05) is 0 Å². The molecule has 0 spiro atoms. The molecule has 0 saturated carbocycles. The molecular formula is C9H18. The van der Waals surface area contributed by atoms with Crippen LogP contribution in [0.2, 0.25) is 0 Å². The Kier molecular flexibility index (Phi) is 2.96. The summed E-state index contributed by atoms with van der Waals surface area (Å²) in [5, 5.41) is 0. The van der Waals surface area contributed by atoms with Crippen molar-refractivity contribution < 1.29 is 0 Å². The Labute approximate surface area is 59.0 Å². The fourth-order valence-electron chi connectivity index (χ4n) is 1.17. The number of rotatable bonds is 1. The Morgan fingerprint density at radius 3 is 1.78 bits per heavy atom. The minimum Gasteiger partial charge on any atom is -0.0879 e. The van der Waals surface area contributed by atoms with Crippen LogP contribution in [0.25, 0.3) is 0 Å². The maximum absolute atomic E-state index is 2.26. The molecule has 0 heteroatoms. The van der Waals surface area contributed by atoms with E-state index in [1.807, 2.05) is 0 Å². The molecule has 0 aliphatic rings. The lowest BCUT2D eigenvalue weighted by molar-refractivity contribution is 0.487. The monoisotopic (exact) mass is 126 g/mol. The van der Waals surface area contributed by atoms with Crippen molar-refractivity contribution in [1.82, 2.24) is 0 Å². The molecular weight excluding hydrogens is 108 g/mol. The molecule has 0 N–H and O–H groups in total. The first-order valence-corrected chi connectivity index (χ1v) is 3.68. The van der Waals surface area contributed by atoms with Crippen LogP contribution >= 0.6 is 0 Å². The average molecular weight is 126 g/mol. The highest BCUT2D eigenvalue weighted by molar-refractivity contribution is 5.08. The van der Waals surface area contributed by atoms with E-state index in [0.717, 1.165) is 0 Å². The normalized spacial score (nSPS) is 14.1. The van der Waals surface area contributed by atoms with Gasteiger partial charge in [0.05, 0.1) is 0 Å². The van der Waals surface area contributed by atoms with Crippen molar-refractivity contribution >= 4 is 0 Å². The van der Waals surface area contributed by atoms with E-state index in [2.05, 4.69) is 40.7 Å². The molecule has 0 amide bonds. The molecule has 9 heavy (non-hydrogen) atoms. The largest absolute Gasteiger partial charge is 0.0879 e. The third-order valence-electron chi connectivity index (χ3n) is 1.69. The Balaban J connectivity index is 4.14. The summed E-state index contributed by atoms with van der Waals surface area (Å²) < 4.78 is 0. The average Bonchev–Trinajstić information content (AvgIpc) is 1.65. The first-order chi connectivity index (χ1) is 4.02. The van der Waals surface area contributed by atoms with E-state index in [1.165, 1.54) is 6.42 Å². The Morgan fingerprint density at radius 1 is 1.33 bits per heavy atom. The molecule has 0 saturated heterocycles. The summed E-state index contributed by atoms with van der Waals surface area (Å²) in [5.41, 5.74) is 1.92. The van der Waals surface area contributed by atoms with Gasteiger partial charge in [0.1, 0.15) is 0 Å². The zero-order valence-electron chi connectivity index (χ0n) is 7.28. The molecule has 0 unspecified atom stereocenters. The van der Waals surface area contributed by atoms with Crippen LogP contribution in [0.5, 0.6) is 0 Å². The van der Waals surface area contributed by atoms with E-state index in [-0.39, 0.29) is 0 Å². The number of hydrogen-bond donors (Lipinski definition) is 0. The van der Waals surface area contributed by atoms with Gasteiger partial charge in [-0.1, -0.05) is 39.3 Å². The summed E-state index contributed by atoms with van der Waals surface area (Å²) in [6.07, 6.45) is 3.40. The molecule has 0 radical (unpaired) electrons. The van der Waals surface area contributed by atoms with Gasteiger partial charge in [0.2, 0.25) is 0 Å². The predicted octanol–water partition coefficient (Wildman–Crippen LogP) is 3.39. The minimum absolute atomic E-state index is 0.378. The van der Waals surface area contributed by atoms with Gasteiger partial charge in [0.25, 0.3) is 0 Å². The van der Waals surface area contributed by atoms with Crippen LogP contribution < -0.4 is 0 Å². The number of hydrogen-bond acceptors (Lipinski definition) is 0. The lowest BCUT2D eigenvalue weighted by Crippen LogP contribution is -2.07. The van der Waals surface area contributed by atoms with Crippen LogP contribution in [-0.4, -0.2) is 0 Å². The molecule has 0 aliphatic carbocycles. The fraction of sp³-hybridized carbons (Fsp3) is 0.778. The van der Waals surface area contributed by atoms with Gasteiger partial charge in [0.15, 0.2) is 0 Å². The second-order valence-corrected chi connectivity index (χ2v) is 3.42. The van der Waals surface area contributed by atoms with Crippen molar-refractivity contribution in [2.24, 2.45) is 5.41 Å². The summed E-state index contributed by atoms with van der Waals surface area (Å²) in [6.45, 7) is 11.1. The van der Waals surface area contributed by atoms with Gasteiger partial charge in [-0.05, 0) is 18.8 Å². The molecule has 0 heterocycles. The lowest BCUT2D eigenvalue weighted by Gasteiger charge is -2.21. The summed E-state index contributed by atoms with van der Waals surface area (Å²) in [7, 11) is 0. The lowest BCUT2D eigenvalue weighted by atomic mass is 9.85. The Bertz CT molecular complexity index is 102. The summed E-state index contributed by atoms with van der Waals surface area (Å²) in [4.78, 5) is 0. The van der Waals surface area contributed by atoms with E-state index in [4.69, 9.17) is 0 Å². The van der Waals surface area contributed by atoms with Gasteiger partial charge in [-0.25, -0.2) is 0 Å². The van der Waals surface area contributed by atoms with E-state index >= 15 is 0 Å². The highest BCUT2D eigenvalue weighted by atomic mass is 14.2. The first-order valence-electron chi connectivity index (χ1n) is 3.68. The van der Waals surface area contributed by atoms with Gasteiger partial charge in [0, 0.05) is 0 Å². The van der Waals surface area contributed by atoms with Crippen LogP contribution in [0, 0.1) is 5.41 Å². The van der Waals surface area contributed by atoms with Crippen molar-refractivity contribution in [3.63, 3.8) is 0 Å². The molecule has 0 atom stereocenters. The standard InChI is InChI=1S/C9H18/c1-6-8(7-2)9(3,4)5/h6H,7H2,1-5H3/b8-6-. The van der Waals surface area contributed by atoms with Crippen molar-refractivity contribution in [3.8, 4) is 0 Å². The first kappa shape index (κ1) is 8.74. The van der Waals surface area contributed by atoms with Crippen molar-refractivity contribution in [2.45, 2.75) is 41.0 Å². The Morgan fingerprint density at radius 2 is 1.78 bits per heavy atom. The molecule has 0 bridgehead atoms. The topological polar surface area (TPSA) is 0 Å². The second kappa shape index (κ2) is 3.05. The van der Waals surface area contributed by atoms with Gasteiger partial charge < -0.3 is 0 Å². The fourth-order valence-corrected chi connectivity index (χ4v) is 1.17. The van der Waals surface area contributed by atoms with Gasteiger partial charge in [-0.3, -0.25) is 0 Å². The summed E-state index contributed by atoms with van der Waals surface area (Å²) in [6, 6.07) is 0. The second-order valence-electron chi connectivity index (χ2n) is 3.42. The maximum atomic E-state index is 2.26. The molecule has 0 aromatic rings. The molecule has 0 nitrogen and oxygen atoms in total. The zero-order valence-corrected chi connectivity index (χ0v) is 7.28. The van der Waals surface area contributed by atoms with Crippen LogP contribution in [0.1, 0.15) is 41.0 Å². The van der Waals surface area contributed by atoms with Gasteiger partial charge >= 0.3 is 0 Å². The zero-order chi connectivity index (χ0) is 7.49. The van der Waals surface area contributed by atoms with E-state index in [1.54, 1.807) is 5.57 Å². The van der Waals surface area contributed by atoms with E-state index < -0.39 is 0 Å². The molecule has 0 aromatic heterocycles. The smallest absolute Gasteiger partial charge is 0.0173 e. The number of allylic oxidation sites excluding steroid dienone is 2. The summed E-state index contributed by atoms with van der Waals surface area (Å²) >= 11 is 0. The molecule has 0 fully saturated rings. The quantitative estimate of drug-likeness (QED) is 0.472. The van der Waals surface area contributed by atoms with Crippen LogP contribution in [0.4, 0.5) is 0 Å². The molecule has 54 valence electrons. The predicted molar refractivity (Wildman–Crippen MR) is 43.5 cm³/mol. The highest BCUT2D eigenvalue weighted by Gasteiger charge is 2.12. The third kappa shape index (κ3) is 2.69. The van der Waals surface area contributed by atoms with E-state index in [9.17, 15) is 0 Å².